The number of morpholine rings is 1. The van der Waals surface area contributed by atoms with E-state index in [-0.39, 0.29) is 0 Å². The molecule has 2 N–H and O–H groups in total. The van der Waals surface area contributed by atoms with Crippen LogP contribution in [-0.2, 0) is 11.3 Å². The molecule has 17 heavy (non-hydrogen) atoms. The normalized spacial score (nSPS) is 26.1. The van der Waals surface area contributed by atoms with E-state index in [9.17, 15) is 0 Å². The maximum Gasteiger partial charge on any atom is 0.124 e. The van der Waals surface area contributed by atoms with Crippen LogP contribution in [0.3, 0.4) is 0 Å². The molecule has 4 nitrogen and oxygen atoms in total. The second kappa shape index (κ2) is 5.33. The van der Waals surface area contributed by atoms with Crippen LogP contribution in [0.15, 0.2) is 16.7 Å². The second-order valence-corrected chi connectivity index (χ2v) is 5.49. The van der Waals surface area contributed by atoms with E-state index in [1.807, 2.05) is 12.1 Å². The zero-order valence-corrected chi connectivity index (χ0v) is 11.8. The van der Waals surface area contributed by atoms with Crippen LogP contribution in [0.2, 0.25) is 0 Å². The predicted octanol–water partition coefficient (Wildman–Crippen LogP) is 2.04. The number of nitrogens with zero attached hydrogens (tertiary/aromatic N) is 2. The van der Waals surface area contributed by atoms with E-state index < -0.39 is 0 Å². The molecule has 94 valence electrons. The smallest absolute Gasteiger partial charge is 0.124 e. The summed E-state index contributed by atoms with van der Waals surface area (Å²) in [5.41, 5.74) is 6.92. The lowest BCUT2D eigenvalue weighted by Crippen LogP contribution is -2.44. The zero-order chi connectivity index (χ0) is 12.4. The van der Waals surface area contributed by atoms with Crippen LogP contribution < -0.4 is 5.73 Å². The monoisotopic (exact) mass is 299 g/mol. The lowest BCUT2D eigenvalue weighted by Gasteiger charge is -2.35. The fourth-order valence-corrected chi connectivity index (χ4v) is 2.83. The molecule has 0 radical (unpaired) electrons. The Bertz CT molecular complexity index is 369. The molecule has 2 rings (SSSR count). The van der Waals surface area contributed by atoms with Crippen molar-refractivity contribution in [3.8, 4) is 0 Å². The summed E-state index contributed by atoms with van der Waals surface area (Å²) in [5, 5.41) is 0. The van der Waals surface area contributed by atoms with Crippen molar-refractivity contribution in [1.82, 2.24) is 9.88 Å². The van der Waals surface area contributed by atoms with E-state index in [2.05, 4.69) is 39.7 Å². The van der Waals surface area contributed by atoms with E-state index in [1.165, 1.54) is 5.56 Å². The van der Waals surface area contributed by atoms with Crippen LogP contribution in [0.5, 0.6) is 0 Å². The summed E-state index contributed by atoms with van der Waals surface area (Å²) < 4.78 is 6.51. The number of pyridine rings is 1. The molecule has 2 heterocycles. The number of hydrogen-bond donors (Lipinski definition) is 1. The van der Waals surface area contributed by atoms with Crippen LogP contribution in [-0.4, -0.2) is 35.2 Å². The highest BCUT2D eigenvalue weighted by Crippen LogP contribution is 2.17. The fourth-order valence-electron chi connectivity index (χ4n) is 2.34. The molecular weight excluding hydrogens is 282 g/mol. The fraction of sp³-hybridized carbons (Fsp3) is 0.583. The molecule has 0 saturated carbocycles. The molecule has 1 aliphatic rings. The van der Waals surface area contributed by atoms with Crippen molar-refractivity contribution in [2.75, 3.05) is 18.8 Å². The van der Waals surface area contributed by atoms with E-state index >= 15 is 0 Å². The highest BCUT2D eigenvalue weighted by Gasteiger charge is 2.22. The van der Waals surface area contributed by atoms with E-state index in [1.54, 1.807) is 0 Å². The van der Waals surface area contributed by atoms with Crippen molar-refractivity contribution in [3.63, 3.8) is 0 Å². The molecular formula is C12H18BrN3O. The number of hydrogen-bond acceptors (Lipinski definition) is 4. The van der Waals surface area contributed by atoms with Gasteiger partial charge in [0.05, 0.1) is 12.2 Å². The predicted molar refractivity (Wildman–Crippen MR) is 71.6 cm³/mol. The molecule has 0 bridgehead atoms. The van der Waals surface area contributed by atoms with Gasteiger partial charge in [-0.1, -0.05) is 0 Å². The second-order valence-electron chi connectivity index (χ2n) is 4.67. The van der Waals surface area contributed by atoms with Crippen LogP contribution in [0.25, 0.3) is 0 Å². The van der Waals surface area contributed by atoms with Gasteiger partial charge in [-0.15, -0.1) is 0 Å². The summed E-state index contributed by atoms with van der Waals surface area (Å²) in [6.45, 7) is 7.04. The highest BCUT2D eigenvalue weighted by molar-refractivity contribution is 9.10. The molecule has 1 aromatic rings. The third-order valence-electron chi connectivity index (χ3n) is 2.78. The molecule has 1 aliphatic heterocycles. The van der Waals surface area contributed by atoms with Crippen molar-refractivity contribution < 1.29 is 4.74 Å². The average Bonchev–Trinajstić information content (AvgIpc) is 2.13. The number of anilines is 1. The number of halogens is 1. The zero-order valence-electron chi connectivity index (χ0n) is 10.2. The van der Waals surface area contributed by atoms with Crippen molar-refractivity contribution >= 4 is 21.7 Å². The minimum absolute atomic E-state index is 0.293. The number of rotatable bonds is 2. The number of ether oxygens (including phenoxy) is 1. The molecule has 2 atom stereocenters. The summed E-state index contributed by atoms with van der Waals surface area (Å²) in [4.78, 5) is 6.50. The molecule has 0 unspecified atom stereocenters. The lowest BCUT2D eigenvalue weighted by atomic mass is 10.2. The van der Waals surface area contributed by atoms with Gasteiger partial charge in [0.1, 0.15) is 10.4 Å². The maximum atomic E-state index is 5.73. The first kappa shape index (κ1) is 12.8. The summed E-state index contributed by atoms with van der Waals surface area (Å²) in [6, 6.07) is 3.94. The van der Waals surface area contributed by atoms with Gasteiger partial charge >= 0.3 is 0 Å². The Hall–Kier alpha value is -0.650. The molecule has 0 aromatic carbocycles. The van der Waals surface area contributed by atoms with Gasteiger partial charge in [-0.2, -0.15) is 0 Å². The van der Waals surface area contributed by atoms with Crippen LogP contribution in [0, 0.1) is 0 Å². The van der Waals surface area contributed by atoms with Crippen molar-refractivity contribution in [2.24, 2.45) is 0 Å². The Morgan fingerprint density at radius 1 is 1.41 bits per heavy atom. The molecule has 5 heteroatoms. The molecule has 1 saturated heterocycles. The first-order chi connectivity index (χ1) is 8.02. The summed E-state index contributed by atoms with van der Waals surface area (Å²) in [6.07, 6.45) is 0.586. The topological polar surface area (TPSA) is 51.4 Å². The number of aromatic nitrogens is 1. The highest BCUT2D eigenvalue weighted by atomic mass is 79.9. The molecule has 0 aliphatic carbocycles. The summed E-state index contributed by atoms with van der Waals surface area (Å²) >= 11 is 3.37. The average molecular weight is 300 g/mol. The Balaban J connectivity index is 2.04. The van der Waals surface area contributed by atoms with Crippen LogP contribution >= 0.6 is 15.9 Å². The molecule has 1 aromatic heterocycles. The van der Waals surface area contributed by atoms with Crippen molar-refractivity contribution in [2.45, 2.75) is 32.6 Å². The van der Waals surface area contributed by atoms with Gasteiger partial charge < -0.3 is 10.5 Å². The largest absolute Gasteiger partial charge is 0.384 e. The van der Waals surface area contributed by atoms with Gasteiger partial charge in [-0.05, 0) is 47.5 Å². The maximum absolute atomic E-state index is 5.73. The number of nitrogen functional groups attached to an aromatic ring is 1. The summed E-state index contributed by atoms with van der Waals surface area (Å²) in [5.74, 6) is 0.559. The van der Waals surface area contributed by atoms with Crippen molar-refractivity contribution in [1.29, 1.82) is 0 Å². The molecule has 1 fully saturated rings. The van der Waals surface area contributed by atoms with Crippen LogP contribution in [0.4, 0.5) is 5.82 Å². The van der Waals surface area contributed by atoms with E-state index in [0.29, 0.717) is 18.0 Å². The van der Waals surface area contributed by atoms with Gasteiger partial charge in [-0.25, -0.2) is 4.98 Å². The third kappa shape index (κ3) is 3.66. The van der Waals surface area contributed by atoms with Crippen LogP contribution in [0.1, 0.15) is 19.4 Å². The van der Waals surface area contributed by atoms with Gasteiger partial charge in [0.2, 0.25) is 0 Å². The van der Waals surface area contributed by atoms with E-state index in [4.69, 9.17) is 10.5 Å². The van der Waals surface area contributed by atoms with Gasteiger partial charge in [0.15, 0.2) is 0 Å². The van der Waals surface area contributed by atoms with Gasteiger partial charge in [0.25, 0.3) is 0 Å². The minimum atomic E-state index is 0.293. The lowest BCUT2D eigenvalue weighted by molar-refractivity contribution is -0.0704. The Kier molecular flexibility index (Phi) is 4.01. The molecule has 0 amide bonds. The van der Waals surface area contributed by atoms with Gasteiger partial charge in [-0.3, -0.25) is 4.90 Å². The number of nitrogens with two attached hydrogens (primary N) is 1. The first-order valence-electron chi connectivity index (χ1n) is 5.82. The Morgan fingerprint density at radius 2 is 2.06 bits per heavy atom. The third-order valence-corrected chi connectivity index (χ3v) is 3.18. The van der Waals surface area contributed by atoms with Crippen molar-refractivity contribution in [3.05, 3.63) is 22.3 Å². The Morgan fingerprint density at radius 3 is 2.65 bits per heavy atom. The Labute approximate surface area is 110 Å². The minimum Gasteiger partial charge on any atom is -0.384 e. The standard InChI is InChI=1S/C12H18BrN3O/c1-8-5-16(6-9(2)17-8)7-10-3-11(13)15-12(14)4-10/h3-4,8-9H,5-7H2,1-2H3,(H2,14,15)/t8-,9+. The first-order valence-corrected chi connectivity index (χ1v) is 6.62. The SMILES string of the molecule is C[C@@H]1CN(Cc2cc(N)nc(Br)c2)C[C@H](C)O1. The van der Waals surface area contributed by atoms with E-state index in [0.717, 1.165) is 24.2 Å². The quantitative estimate of drug-likeness (QED) is 0.849. The molecule has 0 spiro atoms. The van der Waals surface area contributed by atoms with Gasteiger partial charge in [0, 0.05) is 19.6 Å². The summed E-state index contributed by atoms with van der Waals surface area (Å²) in [7, 11) is 0.